The molecule has 0 bridgehead atoms. The van der Waals surface area contributed by atoms with Gasteiger partial charge in [0.25, 0.3) is 0 Å². The summed E-state index contributed by atoms with van der Waals surface area (Å²) < 4.78 is 1.74. The normalized spacial score (nSPS) is 10.6. The summed E-state index contributed by atoms with van der Waals surface area (Å²) in [6, 6.07) is 11.6. The first-order valence-electron chi connectivity index (χ1n) is 5.34. The molecule has 0 aromatic carbocycles. The van der Waals surface area contributed by atoms with E-state index in [0.717, 1.165) is 22.7 Å². The number of hydrogen-bond donors (Lipinski definition) is 1. The quantitative estimate of drug-likeness (QED) is 0.723. The molecular formula is C12H11N5. The van der Waals surface area contributed by atoms with Gasteiger partial charge in [0.15, 0.2) is 0 Å². The third-order valence-electron chi connectivity index (χ3n) is 2.57. The summed E-state index contributed by atoms with van der Waals surface area (Å²) in [7, 11) is 1.84. The smallest absolute Gasteiger partial charge is 0.139 e. The Labute approximate surface area is 98.1 Å². The second kappa shape index (κ2) is 3.86. The summed E-state index contributed by atoms with van der Waals surface area (Å²) in [5.74, 6) is 0.819. The number of aromatic nitrogens is 4. The fourth-order valence-electron chi connectivity index (χ4n) is 1.73. The van der Waals surface area contributed by atoms with Gasteiger partial charge >= 0.3 is 0 Å². The molecular weight excluding hydrogens is 214 g/mol. The standard InChI is InChI=1S/C12H11N5/c1-13-11-7-4-5-9(14-11)12-10-6-2-3-8-17(10)16-15-12/h2-8H,1H3,(H,13,14). The summed E-state index contributed by atoms with van der Waals surface area (Å²) in [4.78, 5) is 4.46. The fraction of sp³-hybridized carbons (Fsp3) is 0.0833. The van der Waals surface area contributed by atoms with Crippen molar-refractivity contribution in [3.63, 3.8) is 0 Å². The van der Waals surface area contributed by atoms with Crippen LogP contribution in [-0.4, -0.2) is 26.9 Å². The number of rotatable bonds is 2. The Kier molecular flexibility index (Phi) is 2.22. The van der Waals surface area contributed by atoms with Crippen LogP contribution < -0.4 is 5.32 Å². The van der Waals surface area contributed by atoms with Crippen LogP contribution in [-0.2, 0) is 0 Å². The molecule has 0 aliphatic rings. The van der Waals surface area contributed by atoms with Crippen LogP contribution in [0.25, 0.3) is 16.9 Å². The predicted octanol–water partition coefficient (Wildman–Crippen LogP) is 1.83. The van der Waals surface area contributed by atoms with E-state index in [4.69, 9.17) is 0 Å². The van der Waals surface area contributed by atoms with Crippen LogP contribution in [0.2, 0.25) is 0 Å². The summed E-state index contributed by atoms with van der Waals surface area (Å²) in [6.45, 7) is 0. The summed E-state index contributed by atoms with van der Waals surface area (Å²) in [5, 5.41) is 11.2. The van der Waals surface area contributed by atoms with Crippen molar-refractivity contribution in [3.05, 3.63) is 42.6 Å². The third-order valence-corrected chi connectivity index (χ3v) is 2.57. The SMILES string of the molecule is CNc1cccc(-c2nnn3ccccc23)n1. The minimum atomic E-state index is 0.794. The molecule has 0 saturated heterocycles. The van der Waals surface area contributed by atoms with Crippen LogP contribution in [0, 0.1) is 0 Å². The lowest BCUT2D eigenvalue weighted by Crippen LogP contribution is -1.93. The third kappa shape index (κ3) is 1.61. The highest BCUT2D eigenvalue weighted by Gasteiger charge is 2.09. The minimum absolute atomic E-state index is 0.794. The first kappa shape index (κ1) is 9.77. The number of hydrogen-bond acceptors (Lipinski definition) is 4. The van der Waals surface area contributed by atoms with Crippen LogP contribution >= 0.6 is 0 Å². The molecule has 0 aliphatic carbocycles. The van der Waals surface area contributed by atoms with Crippen molar-refractivity contribution in [1.29, 1.82) is 0 Å². The van der Waals surface area contributed by atoms with Crippen molar-refractivity contribution < 1.29 is 0 Å². The first-order chi connectivity index (χ1) is 8.38. The lowest BCUT2D eigenvalue weighted by Gasteiger charge is -2.01. The predicted molar refractivity (Wildman–Crippen MR) is 65.8 cm³/mol. The highest BCUT2D eigenvalue weighted by atomic mass is 15.4. The van der Waals surface area contributed by atoms with Gasteiger partial charge in [-0.05, 0) is 24.3 Å². The maximum absolute atomic E-state index is 4.46. The second-order valence-electron chi connectivity index (χ2n) is 3.63. The monoisotopic (exact) mass is 225 g/mol. The Morgan fingerprint density at radius 1 is 1.12 bits per heavy atom. The van der Waals surface area contributed by atoms with Gasteiger partial charge in [0, 0.05) is 13.2 Å². The van der Waals surface area contributed by atoms with E-state index in [9.17, 15) is 0 Å². The Bertz CT molecular complexity index is 659. The lowest BCUT2D eigenvalue weighted by atomic mass is 10.2. The highest BCUT2D eigenvalue weighted by molar-refractivity contribution is 5.74. The van der Waals surface area contributed by atoms with E-state index in [0.29, 0.717) is 0 Å². The molecule has 0 amide bonds. The number of nitrogens with one attached hydrogen (secondary N) is 1. The first-order valence-corrected chi connectivity index (χ1v) is 5.34. The van der Waals surface area contributed by atoms with Gasteiger partial charge in [0.1, 0.15) is 11.5 Å². The largest absolute Gasteiger partial charge is 0.373 e. The molecule has 3 aromatic heterocycles. The molecule has 0 aliphatic heterocycles. The van der Waals surface area contributed by atoms with Gasteiger partial charge in [-0.1, -0.05) is 17.3 Å². The summed E-state index contributed by atoms with van der Waals surface area (Å²) >= 11 is 0. The zero-order chi connectivity index (χ0) is 11.7. The van der Waals surface area contributed by atoms with Gasteiger partial charge in [-0.3, -0.25) is 0 Å². The average Bonchev–Trinajstić information content (AvgIpc) is 2.82. The Morgan fingerprint density at radius 2 is 2.06 bits per heavy atom. The second-order valence-corrected chi connectivity index (χ2v) is 3.63. The zero-order valence-electron chi connectivity index (χ0n) is 9.33. The molecule has 1 N–H and O–H groups in total. The zero-order valence-corrected chi connectivity index (χ0v) is 9.33. The van der Waals surface area contributed by atoms with Gasteiger partial charge in [-0.15, -0.1) is 5.10 Å². The molecule has 3 rings (SSSR count). The van der Waals surface area contributed by atoms with Gasteiger partial charge < -0.3 is 5.32 Å². The molecule has 0 atom stereocenters. The molecule has 0 radical (unpaired) electrons. The topological polar surface area (TPSA) is 55.1 Å². The van der Waals surface area contributed by atoms with E-state index in [1.807, 2.05) is 49.6 Å². The van der Waals surface area contributed by atoms with Crippen molar-refractivity contribution in [2.75, 3.05) is 12.4 Å². The van der Waals surface area contributed by atoms with Gasteiger partial charge in [-0.25, -0.2) is 9.50 Å². The number of fused-ring (bicyclic) bond motifs is 1. The Hall–Kier alpha value is -2.43. The van der Waals surface area contributed by atoms with E-state index in [1.165, 1.54) is 0 Å². The van der Waals surface area contributed by atoms with Crippen LogP contribution in [0.5, 0.6) is 0 Å². The maximum Gasteiger partial charge on any atom is 0.139 e. The molecule has 0 fully saturated rings. The van der Waals surface area contributed by atoms with Crippen LogP contribution in [0.1, 0.15) is 0 Å². The van der Waals surface area contributed by atoms with Crippen LogP contribution in [0.3, 0.4) is 0 Å². The Morgan fingerprint density at radius 3 is 2.94 bits per heavy atom. The molecule has 0 saturated carbocycles. The van der Waals surface area contributed by atoms with Gasteiger partial charge in [-0.2, -0.15) is 0 Å². The Balaban J connectivity index is 2.20. The van der Waals surface area contributed by atoms with Crippen molar-refractivity contribution in [2.45, 2.75) is 0 Å². The van der Waals surface area contributed by atoms with Crippen molar-refractivity contribution in [2.24, 2.45) is 0 Å². The molecule has 5 nitrogen and oxygen atoms in total. The lowest BCUT2D eigenvalue weighted by molar-refractivity contribution is 0.856. The van der Waals surface area contributed by atoms with Crippen molar-refractivity contribution >= 4 is 11.3 Å². The average molecular weight is 225 g/mol. The summed E-state index contributed by atoms with van der Waals surface area (Å²) in [6.07, 6.45) is 1.87. The molecule has 84 valence electrons. The summed E-state index contributed by atoms with van der Waals surface area (Å²) in [5.41, 5.74) is 2.56. The molecule has 3 aromatic rings. The molecule has 17 heavy (non-hydrogen) atoms. The molecule has 3 heterocycles. The molecule has 0 spiro atoms. The van der Waals surface area contributed by atoms with E-state index in [-0.39, 0.29) is 0 Å². The fourth-order valence-corrected chi connectivity index (χ4v) is 1.73. The molecule has 0 unspecified atom stereocenters. The highest BCUT2D eigenvalue weighted by Crippen LogP contribution is 2.20. The van der Waals surface area contributed by atoms with Crippen LogP contribution in [0.15, 0.2) is 42.6 Å². The van der Waals surface area contributed by atoms with Gasteiger partial charge in [0.05, 0.1) is 11.2 Å². The number of pyridine rings is 2. The van der Waals surface area contributed by atoms with Gasteiger partial charge in [0.2, 0.25) is 0 Å². The van der Waals surface area contributed by atoms with Crippen LogP contribution in [0.4, 0.5) is 5.82 Å². The maximum atomic E-state index is 4.46. The number of anilines is 1. The minimum Gasteiger partial charge on any atom is -0.373 e. The van der Waals surface area contributed by atoms with Crippen molar-refractivity contribution in [3.8, 4) is 11.4 Å². The molecule has 5 heteroatoms. The number of nitrogens with zero attached hydrogens (tertiary/aromatic N) is 4. The van der Waals surface area contributed by atoms with E-state index in [1.54, 1.807) is 4.52 Å². The van der Waals surface area contributed by atoms with E-state index in [2.05, 4.69) is 20.6 Å². The van der Waals surface area contributed by atoms with E-state index < -0.39 is 0 Å². The van der Waals surface area contributed by atoms with Crippen molar-refractivity contribution in [1.82, 2.24) is 19.8 Å². The van der Waals surface area contributed by atoms with E-state index >= 15 is 0 Å².